The average Bonchev–Trinajstić information content (AvgIpc) is 2.16. The number of carbonyl (C=O) groups is 2. The Labute approximate surface area is 87.3 Å². The molecule has 0 radical (unpaired) electrons. The molecule has 0 aromatic rings. The van der Waals surface area contributed by atoms with Crippen LogP contribution in [-0.2, 0) is 19.1 Å². The summed E-state index contributed by atoms with van der Waals surface area (Å²) in [5.74, 6) is -1.35. The van der Waals surface area contributed by atoms with Crippen LogP contribution >= 0.6 is 0 Å². The molecule has 5 N–H and O–H groups in total. The van der Waals surface area contributed by atoms with E-state index in [0.29, 0.717) is 0 Å². The average molecular weight is 220 g/mol. The van der Waals surface area contributed by atoms with Crippen LogP contribution in [0.5, 0.6) is 0 Å². The van der Waals surface area contributed by atoms with Gasteiger partial charge in [-0.25, -0.2) is 0 Å². The van der Waals surface area contributed by atoms with Crippen LogP contribution in [0.2, 0.25) is 0 Å². The predicted molar refractivity (Wildman–Crippen MR) is 50.7 cm³/mol. The Morgan fingerprint density at radius 2 is 1.93 bits per heavy atom. The lowest BCUT2D eigenvalue weighted by molar-refractivity contribution is -0.148. The Bertz CT molecular complexity index is 209. The summed E-state index contributed by atoms with van der Waals surface area (Å²) in [5.41, 5.74) is 10.1. The summed E-state index contributed by atoms with van der Waals surface area (Å²) >= 11 is 0. The first-order chi connectivity index (χ1) is 7.07. The maximum Gasteiger partial charge on any atom is 0.323 e. The fourth-order valence-corrected chi connectivity index (χ4v) is 0.775. The fraction of sp³-hybridized carbons (Fsp3) is 0.750. The van der Waals surface area contributed by atoms with Gasteiger partial charge in [0.15, 0.2) is 0 Å². The molecule has 0 heterocycles. The lowest BCUT2D eigenvalue weighted by Crippen LogP contribution is -2.36. The molecule has 0 saturated heterocycles. The normalized spacial score (nSPS) is 12.1. The number of ether oxygens (including phenoxy) is 2. The molecule has 0 aliphatic rings. The number of nitrogens with two attached hydrogens (primary N) is 2. The van der Waals surface area contributed by atoms with Crippen LogP contribution in [0.1, 0.15) is 6.42 Å². The first-order valence-electron chi connectivity index (χ1n) is 4.47. The van der Waals surface area contributed by atoms with E-state index in [-0.39, 0.29) is 32.8 Å². The molecule has 7 nitrogen and oxygen atoms in total. The van der Waals surface area contributed by atoms with E-state index in [4.69, 9.17) is 21.3 Å². The minimum Gasteiger partial charge on any atom is -0.462 e. The number of aliphatic hydroxyl groups excluding tert-OH is 1. The summed E-state index contributed by atoms with van der Waals surface area (Å²) in [5, 5.41) is 8.36. The van der Waals surface area contributed by atoms with Crippen molar-refractivity contribution >= 4 is 11.9 Å². The van der Waals surface area contributed by atoms with Crippen molar-refractivity contribution in [2.24, 2.45) is 11.5 Å². The summed E-state index contributed by atoms with van der Waals surface area (Å²) in [7, 11) is 0. The van der Waals surface area contributed by atoms with Gasteiger partial charge in [0.25, 0.3) is 0 Å². The molecule has 15 heavy (non-hydrogen) atoms. The second-order valence-corrected chi connectivity index (χ2v) is 2.78. The number of aliphatic hydroxyl groups is 1. The molecule has 0 spiro atoms. The standard InChI is InChI=1S/C8H16N2O5/c9-6(5-7(10)12)8(13)15-4-3-14-2-1-11/h6,11H,1-5,9H2,(H2,10,12). The maximum absolute atomic E-state index is 11.1. The summed E-state index contributed by atoms with van der Waals surface area (Å²) in [6, 6.07) is -1.03. The monoisotopic (exact) mass is 220 g/mol. The number of rotatable bonds is 8. The SMILES string of the molecule is NC(=O)CC(N)C(=O)OCCOCCO. The second kappa shape index (κ2) is 8.16. The highest BCUT2D eigenvalue weighted by Crippen LogP contribution is 1.91. The van der Waals surface area contributed by atoms with Gasteiger partial charge in [-0.05, 0) is 0 Å². The topological polar surface area (TPSA) is 125 Å². The van der Waals surface area contributed by atoms with Crippen molar-refractivity contribution in [1.29, 1.82) is 0 Å². The molecular formula is C8H16N2O5. The summed E-state index contributed by atoms with van der Waals surface area (Å²) in [4.78, 5) is 21.5. The van der Waals surface area contributed by atoms with Gasteiger partial charge < -0.3 is 26.0 Å². The van der Waals surface area contributed by atoms with Crippen molar-refractivity contribution in [3.63, 3.8) is 0 Å². The molecule has 1 atom stereocenters. The number of primary amides is 1. The van der Waals surface area contributed by atoms with Crippen LogP contribution in [0.3, 0.4) is 0 Å². The Hall–Kier alpha value is -1.18. The predicted octanol–water partition coefficient (Wildman–Crippen LogP) is -2.26. The van der Waals surface area contributed by atoms with E-state index in [9.17, 15) is 9.59 Å². The number of esters is 1. The maximum atomic E-state index is 11.1. The molecule has 7 heteroatoms. The first kappa shape index (κ1) is 13.8. The summed E-state index contributed by atoms with van der Waals surface area (Å²) in [6.07, 6.45) is -0.240. The summed E-state index contributed by atoms with van der Waals surface area (Å²) in [6.45, 7) is 0.306. The molecule has 0 aliphatic carbocycles. The zero-order valence-corrected chi connectivity index (χ0v) is 8.35. The number of hydrogen-bond donors (Lipinski definition) is 3. The fourth-order valence-electron chi connectivity index (χ4n) is 0.775. The summed E-state index contributed by atoms with van der Waals surface area (Å²) < 4.78 is 9.51. The molecule has 1 amide bonds. The Morgan fingerprint density at radius 1 is 1.27 bits per heavy atom. The molecular weight excluding hydrogens is 204 g/mol. The van der Waals surface area contributed by atoms with Crippen molar-refractivity contribution in [1.82, 2.24) is 0 Å². The Morgan fingerprint density at radius 3 is 2.47 bits per heavy atom. The molecule has 0 rings (SSSR count). The van der Waals surface area contributed by atoms with Gasteiger partial charge in [-0.15, -0.1) is 0 Å². The molecule has 0 fully saturated rings. The van der Waals surface area contributed by atoms with Crippen molar-refractivity contribution in [2.75, 3.05) is 26.4 Å². The molecule has 88 valence electrons. The van der Waals surface area contributed by atoms with Crippen LogP contribution in [0.4, 0.5) is 0 Å². The van der Waals surface area contributed by atoms with Gasteiger partial charge in [0.1, 0.15) is 12.6 Å². The zero-order valence-electron chi connectivity index (χ0n) is 8.35. The molecule has 0 bridgehead atoms. The molecule has 0 aromatic carbocycles. The smallest absolute Gasteiger partial charge is 0.323 e. The van der Waals surface area contributed by atoms with E-state index in [1.165, 1.54) is 0 Å². The minimum atomic E-state index is -1.03. The van der Waals surface area contributed by atoms with Crippen LogP contribution in [0.15, 0.2) is 0 Å². The lowest BCUT2D eigenvalue weighted by Gasteiger charge is -2.09. The van der Waals surface area contributed by atoms with Crippen LogP contribution in [-0.4, -0.2) is 49.5 Å². The van der Waals surface area contributed by atoms with Crippen molar-refractivity contribution in [3.8, 4) is 0 Å². The largest absolute Gasteiger partial charge is 0.462 e. The quantitative estimate of drug-likeness (QED) is 0.313. The highest BCUT2D eigenvalue weighted by atomic mass is 16.6. The molecule has 0 aromatic heterocycles. The third kappa shape index (κ3) is 7.86. The Kier molecular flexibility index (Phi) is 7.51. The van der Waals surface area contributed by atoms with Crippen LogP contribution in [0, 0.1) is 0 Å². The molecule has 0 saturated carbocycles. The van der Waals surface area contributed by atoms with E-state index in [0.717, 1.165) is 0 Å². The first-order valence-corrected chi connectivity index (χ1v) is 4.47. The van der Waals surface area contributed by atoms with E-state index in [2.05, 4.69) is 4.74 Å². The van der Waals surface area contributed by atoms with Crippen molar-refractivity contribution in [3.05, 3.63) is 0 Å². The third-order valence-electron chi connectivity index (χ3n) is 1.43. The van der Waals surface area contributed by atoms with Gasteiger partial charge in [0.05, 0.1) is 26.2 Å². The Balaban J connectivity index is 3.51. The molecule has 1 unspecified atom stereocenters. The van der Waals surface area contributed by atoms with Gasteiger partial charge in [0.2, 0.25) is 5.91 Å². The van der Waals surface area contributed by atoms with E-state index in [1.54, 1.807) is 0 Å². The van der Waals surface area contributed by atoms with E-state index < -0.39 is 17.9 Å². The third-order valence-corrected chi connectivity index (χ3v) is 1.43. The highest BCUT2D eigenvalue weighted by molar-refractivity contribution is 5.84. The van der Waals surface area contributed by atoms with Gasteiger partial charge in [-0.2, -0.15) is 0 Å². The van der Waals surface area contributed by atoms with Crippen molar-refractivity contribution in [2.45, 2.75) is 12.5 Å². The zero-order chi connectivity index (χ0) is 11.7. The van der Waals surface area contributed by atoms with Crippen LogP contribution < -0.4 is 11.5 Å². The lowest BCUT2D eigenvalue weighted by atomic mass is 10.2. The van der Waals surface area contributed by atoms with Crippen LogP contribution in [0.25, 0.3) is 0 Å². The van der Waals surface area contributed by atoms with Gasteiger partial charge in [-0.3, -0.25) is 9.59 Å². The van der Waals surface area contributed by atoms with Gasteiger partial charge >= 0.3 is 5.97 Å². The van der Waals surface area contributed by atoms with Gasteiger partial charge in [0, 0.05) is 0 Å². The number of amides is 1. The van der Waals surface area contributed by atoms with Crippen molar-refractivity contribution < 1.29 is 24.2 Å². The highest BCUT2D eigenvalue weighted by Gasteiger charge is 2.16. The number of carbonyl (C=O) groups excluding carboxylic acids is 2. The second-order valence-electron chi connectivity index (χ2n) is 2.78. The van der Waals surface area contributed by atoms with E-state index in [1.807, 2.05) is 0 Å². The van der Waals surface area contributed by atoms with E-state index >= 15 is 0 Å². The number of hydrogen-bond acceptors (Lipinski definition) is 6. The van der Waals surface area contributed by atoms with Gasteiger partial charge in [-0.1, -0.05) is 0 Å². The minimum absolute atomic E-state index is 0.0330. The molecule has 0 aliphatic heterocycles.